The molecular formula is C18H22N2O3S. The highest BCUT2D eigenvalue weighted by molar-refractivity contribution is 7.92. The van der Waals surface area contributed by atoms with E-state index in [1.54, 1.807) is 18.2 Å². The Labute approximate surface area is 143 Å². The van der Waals surface area contributed by atoms with Gasteiger partial charge in [0.1, 0.15) is 0 Å². The summed E-state index contributed by atoms with van der Waals surface area (Å²) in [5.74, 6) is -0.237. The fourth-order valence-corrected chi connectivity index (χ4v) is 2.95. The summed E-state index contributed by atoms with van der Waals surface area (Å²) in [5.41, 5.74) is 2.99. The second-order valence-electron chi connectivity index (χ2n) is 5.80. The van der Waals surface area contributed by atoms with E-state index < -0.39 is 10.0 Å². The molecule has 1 amide bonds. The maximum absolute atomic E-state index is 12.5. The summed E-state index contributed by atoms with van der Waals surface area (Å²) in [6, 6.07) is 14.4. The number of carbonyl (C=O) groups excluding carboxylic acids is 1. The summed E-state index contributed by atoms with van der Waals surface area (Å²) in [7, 11) is -3.38. The molecule has 2 N–H and O–H groups in total. The summed E-state index contributed by atoms with van der Waals surface area (Å²) in [6.07, 6.45) is 1.83. The van der Waals surface area contributed by atoms with Gasteiger partial charge in [-0.15, -0.1) is 0 Å². The molecule has 0 saturated carbocycles. The van der Waals surface area contributed by atoms with Crippen molar-refractivity contribution in [1.82, 2.24) is 5.32 Å². The molecular weight excluding hydrogens is 324 g/mol. The number of anilines is 1. The monoisotopic (exact) mass is 346 g/mol. The van der Waals surface area contributed by atoms with Crippen LogP contribution in [0.5, 0.6) is 0 Å². The highest BCUT2D eigenvalue weighted by atomic mass is 32.2. The molecule has 2 rings (SSSR count). The Morgan fingerprint density at radius 2 is 1.79 bits per heavy atom. The first kappa shape index (κ1) is 18.0. The van der Waals surface area contributed by atoms with Gasteiger partial charge in [0, 0.05) is 11.3 Å². The largest absolute Gasteiger partial charge is 0.345 e. The molecule has 0 spiro atoms. The van der Waals surface area contributed by atoms with Gasteiger partial charge in [-0.25, -0.2) is 8.42 Å². The highest BCUT2D eigenvalue weighted by Crippen LogP contribution is 2.19. The van der Waals surface area contributed by atoms with Gasteiger partial charge in [-0.3, -0.25) is 9.52 Å². The van der Waals surface area contributed by atoms with Crippen molar-refractivity contribution >= 4 is 21.6 Å². The van der Waals surface area contributed by atoms with Gasteiger partial charge in [-0.05, 0) is 37.1 Å². The Hall–Kier alpha value is -2.34. The Morgan fingerprint density at radius 3 is 2.38 bits per heavy atom. The normalized spacial score (nSPS) is 12.5. The van der Waals surface area contributed by atoms with Gasteiger partial charge < -0.3 is 5.32 Å². The average Bonchev–Trinajstić information content (AvgIpc) is 2.52. The van der Waals surface area contributed by atoms with E-state index in [9.17, 15) is 13.2 Å². The van der Waals surface area contributed by atoms with Crippen molar-refractivity contribution < 1.29 is 13.2 Å². The molecule has 0 unspecified atom stereocenters. The lowest BCUT2D eigenvalue weighted by Crippen LogP contribution is -2.28. The summed E-state index contributed by atoms with van der Waals surface area (Å²) in [4.78, 5) is 12.5. The molecule has 2 aromatic carbocycles. The number of aryl methyl sites for hydroxylation is 1. The average molecular weight is 346 g/mol. The van der Waals surface area contributed by atoms with Crippen LogP contribution in [-0.4, -0.2) is 20.6 Å². The number of amides is 1. The van der Waals surface area contributed by atoms with Gasteiger partial charge in [0.05, 0.1) is 12.3 Å². The molecule has 2 aromatic rings. The summed E-state index contributed by atoms with van der Waals surface area (Å²) in [5, 5.41) is 2.99. The summed E-state index contributed by atoms with van der Waals surface area (Å²) in [6.45, 7) is 4.02. The van der Waals surface area contributed by atoms with Crippen LogP contribution in [0.4, 0.5) is 5.69 Å². The van der Waals surface area contributed by atoms with Crippen molar-refractivity contribution in [3.05, 3.63) is 65.2 Å². The van der Waals surface area contributed by atoms with Crippen LogP contribution in [0.15, 0.2) is 48.5 Å². The zero-order valence-corrected chi connectivity index (χ0v) is 14.9. The van der Waals surface area contributed by atoms with Crippen LogP contribution in [0.25, 0.3) is 0 Å². The second-order valence-corrected chi connectivity index (χ2v) is 7.55. The molecule has 6 heteroatoms. The smallest absolute Gasteiger partial charge is 0.251 e. The Balaban J connectivity index is 2.16. The number of hydrogen-bond donors (Lipinski definition) is 2. The van der Waals surface area contributed by atoms with E-state index in [1.807, 2.05) is 38.1 Å². The first-order valence-corrected chi connectivity index (χ1v) is 9.63. The lowest BCUT2D eigenvalue weighted by Gasteiger charge is -2.18. The topological polar surface area (TPSA) is 75.3 Å². The van der Waals surface area contributed by atoms with Crippen LogP contribution in [0.3, 0.4) is 0 Å². The number of nitrogens with one attached hydrogen (secondary N) is 2. The molecule has 0 radical (unpaired) electrons. The predicted molar refractivity (Wildman–Crippen MR) is 96.6 cm³/mol. The van der Waals surface area contributed by atoms with E-state index in [1.165, 1.54) is 11.6 Å². The lowest BCUT2D eigenvalue weighted by atomic mass is 10.0. The highest BCUT2D eigenvalue weighted by Gasteiger charge is 2.14. The van der Waals surface area contributed by atoms with Crippen molar-refractivity contribution in [3.8, 4) is 0 Å². The molecule has 128 valence electrons. The number of hydrogen-bond acceptors (Lipinski definition) is 3. The molecule has 0 aliphatic rings. The van der Waals surface area contributed by atoms with E-state index >= 15 is 0 Å². The fraction of sp³-hybridized carbons (Fsp3) is 0.278. The number of benzene rings is 2. The van der Waals surface area contributed by atoms with E-state index in [-0.39, 0.29) is 11.9 Å². The molecule has 0 bridgehead atoms. The quantitative estimate of drug-likeness (QED) is 0.843. The van der Waals surface area contributed by atoms with Crippen LogP contribution < -0.4 is 10.0 Å². The molecule has 0 saturated heterocycles. The second kappa shape index (κ2) is 7.49. The van der Waals surface area contributed by atoms with Gasteiger partial charge >= 0.3 is 0 Å². The lowest BCUT2D eigenvalue weighted by molar-refractivity contribution is 0.0935. The molecule has 0 heterocycles. The van der Waals surface area contributed by atoms with Crippen molar-refractivity contribution in [2.75, 3.05) is 11.0 Å². The SMILES string of the molecule is CC[C@@H](NC(=O)c1cccc(NS(C)(=O)=O)c1)c1ccc(C)cc1. The summed E-state index contributed by atoms with van der Waals surface area (Å²) >= 11 is 0. The third-order valence-corrected chi connectivity index (χ3v) is 4.23. The molecule has 5 nitrogen and oxygen atoms in total. The molecule has 1 atom stereocenters. The first-order valence-electron chi connectivity index (χ1n) is 7.74. The van der Waals surface area contributed by atoms with Gasteiger partial charge in [0.25, 0.3) is 5.91 Å². The zero-order chi connectivity index (χ0) is 17.7. The molecule has 0 fully saturated rings. The molecule has 0 aliphatic carbocycles. The Bertz CT molecular complexity index is 814. The first-order chi connectivity index (χ1) is 11.3. The van der Waals surface area contributed by atoms with E-state index in [0.717, 1.165) is 18.2 Å². The maximum atomic E-state index is 12.5. The van der Waals surface area contributed by atoms with Gasteiger partial charge in [0.2, 0.25) is 10.0 Å². The number of rotatable bonds is 6. The zero-order valence-electron chi connectivity index (χ0n) is 14.0. The Kier molecular flexibility index (Phi) is 5.62. The predicted octanol–water partition coefficient (Wildman–Crippen LogP) is 3.25. The number of carbonyl (C=O) groups is 1. The van der Waals surface area contributed by atoms with E-state index in [4.69, 9.17) is 0 Å². The minimum Gasteiger partial charge on any atom is -0.345 e. The fourth-order valence-electron chi connectivity index (χ4n) is 2.40. The van der Waals surface area contributed by atoms with Crippen molar-refractivity contribution in [3.63, 3.8) is 0 Å². The van der Waals surface area contributed by atoms with Crippen LogP contribution in [0, 0.1) is 6.92 Å². The van der Waals surface area contributed by atoms with Crippen LogP contribution >= 0.6 is 0 Å². The summed E-state index contributed by atoms with van der Waals surface area (Å²) < 4.78 is 25.0. The Morgan fingerprint density at radius 1 is 1.12 bits per heavy atom. The van der Waals surface area contributed by atoms with Crippen LogP contribution in [-0.2, 0) is 10.0 Å². The maximum Gasteiger partial charge on any atom is 0.251 e. The van der Waals surface area contributed by atoms with Gasteiger partial charge in [0.15, 0.2) is 0 Å². The van der Waals surface area contributed by atoms with Gasteiger partial charge in [-0.1, -0.05) is 42.8 Å². The van der Waals surface area contributed by atoms with Crippen LogP contribution in [0.2, 0.25) is 0 Å². The number of sulfonamides is 1. The molecule has 24 heavy (non-hydrogen) atoms. The van der Waals surface area contributed by atoms with E-state index in [0.29, 0.717) is 11.3 Å². The molecule has 0 aliphatic heterocycles. The van der Waals surface area contributed by atoms with Crippen molar-refractivity contribution in [1.29, 1.82) is 0 Å². The molecule has 0 aromatic heterocycles. The third kappa shape index (κ3) is 5.09. The van der Waals surface area contributed by atoms with Gasteiger partial charge in [-0.2, -0.15) is 0 Å². The minimum atomic E-state index is -3.38. The standard InChI is InChI=1S/C18H22N2O3S/c1-4-17(14-10-8-13(2)9-11-14)19-18(21)15-6-5-7-16(12-15)20-24(3,22)23/h5-12,17,20H,4H2,1-3H3,(H,19,21)/t17-/m1/s1. The minimum absolute atomic E-state index is 0.0929. The van der Waals surface area contributed by atoms with Crippen molar-refractivity contribution in [2.24, 2.45) is 0 Å². The van der Waals surface area contributed by atoms with Crippen molar-refractivity contribution in [2.45, 2.75) is 26.3 Å². The third-order valence-electron chi connectivity index (χ3n) is 3.62. The van der Waals surface area contributed by atoms with E-state index in [2.05, 4.69) is 10.0 Å². The van der Waals surface area contributed by atoms with Crippen LogP contribution in [0.1, 0.15) is 40.9 Å².